The minimum absolute atomic E-state index is 0.0669. The summed E-state index contributed by atoms with van der Waals surface area (Å²) in [6.45, 7) is 3.28. The lowest BCUT2D eigenvalue weighted by Gasteiger charge is -2.36. The Bertz CT molecular complexity index is 269. The smallest absolute Gasteiger partial charge is 0.305 e. The summed E-state index contributed by atoms with van der Waals surface area (Å²) in [6.07, 6.45) is 6.70. The maximum atomic E-state index is 11.2. The second kappa shape index (κ2) is 6.53. The molecular formula is C14H26N2O2. The number of esters is 1. The number of piperidine rings is 1. The van der Waals surface area contributed by atoms with Gasteiger partial charge >= 0.3 is 5.97 Å². The van der Waals surface area contributed by atoms with Gasteiger partial charge in [-0.25, -0.2) is 0 Å². The van der Waals surface area contributed by atoms with Gasteiger partial charge in [0.1, 0.15) is 0 Å². The number of ether oxygens (including phenoxy) is 1. The highest BCUT2D eigenvalue weighted by Crippen LogP contribution is 2.34. The zero-order valence-corrected chi connectivity index (χ0v) is 11.7. The van der Waals surface area contributed by atoms with Gasteiger partial charge in [-0.1, -0.05) is 0 Å². The van der Waals surface area contributed by atoms with Crippen molar-refractivity contribution in [1.29, 1.82) is 0 Å². The zero-order valence-electron chi connectivity index (χ0n) is 11.7. The van der Waals surface area contributed by atoms with E-state index in [1.807, 2.05) is 6.92 Å². The molecule has 2 fully saturated rings. The van der Waals surface area contributed by atoms with Crippen LogP contribution in [0.3, 0.4) is 0 Å². The molecule has 0 spiro atoms. The fraction of sp³-hybridized carbons (Fsp3) is 0.929. The number of rotatable bonds is 6. The van der Waals surface area contributed by atoms with Gasteiger partial charge in [0.15, 0.2) is 0 Å². The number of fused-ring (bicyclic) bond motifs is 2. The average Bonchev–Trinajstić information content (AvgIpc) is 2.58. The molecule has 0 aromatic rings. The second-order valence-corrected chi connectivity index (χ2v) is 5.58. The summed E-state index contributed by atoms with van der Waals surface area (Å²) in [5.41, 5.74) is 0. The van der Waals surface area contributed by atoms with E-state index in [1.54, 1.807) is 0 Å². The lowest BCUT2D eigenvalue weighted by molar-refractivity contribution is -0.143. The third kappa shape index (κ3) is 3.45. The van der Waals surface area contributed by atoms with Crippen molar-refractivity contribution in [3.63, 3.8) is 0 Å². The van der Waals surface area contributed by atoms with E-state index in [9.17, 15) is 4.79 Å². The SMILES string of the molecule is CCOC(=O)CCCNC1CC2CCC(C1)N2C. The Morgan fingerprint density at radius 3 is 2.61 bits per heavy atom. The molecule has 0 amide bonds. The van der Waals surface area contributed by atoms with Gasteiger partial charge in [-0.05, 0) is 52.6 Å². The van der Waals surface area contributed by atoms with E-state index in [0.717, 1.165) is 25.0 Å². The van der Waals surface area contributed by atoms with Gasteiger partial charge in [0.25, 0.3) is 0 Å². The number of carbonyl (C=O) groups is 1. The van der Waals surface area contributed by atoms with E-state index in [-0.39, 0.29) is 5.97 Å². The van der Waals surface area contributed by atoms with E-state index in [1.165, 1.54) is 25.7 Å². The van der Waals surface area contributed by atoms with Gasteiger partial charge < -0.3 is 15.0 Å². The van der Waals surface area contributed by atoms with Crippen LogP contribution < -0.4 is 5.32 Å². The molecule has 2 unspecified atom stereocenters. The predicted octanol–water partition coefficient (Wildman–Crippen LogP) is 1.54. The molecule has 0 aromatic heterocycles. The summed E-state index contributed by atoms with van der Waals surface area (Å²) in [4.78, 5) is 13.7. The monoisotopic (exact) mass is 254 g/mol. The fourth-order valence-corrected chi connectivity index (χ4v) is 3.35. The van der Waals surface area contributed by atoms with Crippen molar-refractivity contribution in [2.45, 2.75) is 63.6 Å². The van der Waals surface area contributed by atoms with E-state index in [0.29, 0.717) is 19.1 Å². The molecule has 4 heteroatoms. The Morgan fingerprint density at radius 2 is 2.00 bits per heavy atom. The van der Waals surface area contributed by atoms with Crippen molar-refractivity contribution in [2.24, 2.45) is 0 Å². The molecule has 4 nitrogen and oxygen atoms in total. The molecule has 2 saturated heterocycles. The van der Waals surface area contributed by atoms with Crippen LogP contribution in [0.25, 0.3) is 0 Å². The molecular weight excluding hydrogens is 228 g/mol. The molecule has 2 rings (SSSR count). The molecule has 2 heterocycles. The third-order valence-electron chi connectivity index (χ3n) is 4.39. The van der Waals surface area contributed by atoms with Crippen molar-refractivity contribution >= 4 is 5.97 Å². The molecule has 0 aromatic carbocycles. The van der Waals surface area contributed by atoms with Gasteiger partial charge in [0.2, 0.25) is 0 Å². The zero-order chi connectivity index (χ0) is 13.0. The lowest BCUT2D eigenvalue weighted by atomic mass is 9.98. The highest BCUT2D eigenvalue weighted by atomic mass is 16.5. The summed E-state index contributed by atoms with van der Waals surface area (Å²) in [6, 6.07) is 2.22. The van der Waals surface area contributed by atoms with Crippen LogP contribution in [0.2, 0.25) is 0 Å². The van der Waals surface area contributed by atoms with Crippen LogP contribution in [0.5, 0.6) is 0 Å². The standard InChI is InChI=1S/C14H26N2O2/c1-3-18-14(17)5-4-8-15-11-9-12-6-7-13(10-11)16(12)2/h11-13,15H,3-10H2,1-2H3. The van der Waals surface area contributed by atoms with Crippen LogP contribution in [0.4, 0.5) is 0 Å². The summed E-state index contributed by atoms with van der Waals surface area (Å²) >= 11 is 0. The highest BCUT2D eigenvalue weighted by molar-refractivity contribution is 5.69. The van der Waals surface area contributed by atoms with Crippen molar-refractivity contribution in [3.05, 3.63) is 0 Å². The molecule has 2 aliphatic rings. The van der Waals surface area contributed by atoms with Crippen molar-refractivity contribution in [3.8, 4) is 0 Å². The topological polar surface area (TPSA) is 41.6 Å². The lowest BCUT2D eigenvalue weighted by Crippen LogP contribution is -2.47. The number of nitrogens with zero attached hydrogens (tertiary/aromatic N) is 1. The van der Waals surface area contributed by atoms with Gasteiger partial charge in [0.05, 0.1) is 6.61 Å². The van der Waals surface area contributed by atoms with Crippen LogP contribution in [-0.4, -0.2) is 49.2 Å². The van der Waals surface area contributed by atoms with Crippen molar-refractivity contribution < 1.29 is 9.53 Å². The molecule has 104 valence electrons. The highest BCUT2D eigenvalue weighted by Gasteiger charge is 2.37. The van der Waals surface area contributed by atoms with Crippen LogP contribution in [0.15, 0.2) is 0 Å². The molecule has 0 saturated carbocycles. The number of hydrogen-bond acceptors (Lipinski definition) is 4. The van der Waals surface area contributed by atoms with Gasteiger partial charge in [-0.2, -0.15) is 0 Å². The maximum Gasteiger partial charge on any atom is 0.305 e. The van der Waals surface area contributed by atoms with Crippen LogP contribution >= 0.6 is 0 Å². The molecule has 0 aliphatic carbocycles. The van der Waals surface area contributed by atoms with Gasteiger partial charge in [-0.3, -0.25) is 4.79 Å². The minimum atomic E-state index is -0.0669. The Hall–Kier alpha value is -0.610. The largest absolute Gasteiger partial charge is 0.466 e. The Morgan fingerprint density at radius 1 is 1.33 bits per heavy atom. The minimum Gasteiger partial charge on any atom is -0.466 e. The van der Waals surface area contributed by atoms with E-state index in [4.69, 9.17) is 4.74 Å². The van der Waals surface area contributed by atoms with Crippen molar-refractivity contribution in [2.75, 3.05) is 20.2 Å². The van der Waals surface area contributed by atoms with Crippen molar-refractivity contribution in [1.82, 2.24) is 10.2 Å². The summed E-state index contributed by atoms with van der Waals surface area (Å²) in [5, 5.41) is 3.61. The molecule has 1 N–H and O–H groups in total. The van der Waals surface area contributed by atoms with Crippen LogP contribution in [0, 0.1) is 0 Å². The quantitative estimate of drug-likeness (QED) is 0.577. The number of carbonyl (C=O) groups excluding carboxylic acids is 1. The Balaban J connectivity index is 1.59. The molecule has 18 heavy (non-hydrogen) atoms. The Kier molecular flexibility index (Phi) is 5.01. The van der Waals surface area contributed by atoms with Gasteiger partial charge in [0, 0.05) is 24.5 Å². The van der Waals surface area contributed by atoms with Gasteiger partial charge in [-0.15, -0.1) is 0 Å². The molecule has 0 radical (unpaired) electrons. The first-order chi connectivity index (χ1) is 8.70. The number of nitrogens with one attached hydrogen (secondary N) is 1. The first-order valence-electron chi connectivity index (χ1n) is 7.31. The summed E-state index contributed by atoms with van der Waals surface area (Å²) in [7, 11) is 2.26. The van der Waals surface area contributed by atoms with E-state index < -0.39 is 0 Å². The van der Waals surface area contributed by atoms with Crippen LogP contribution in [-0.2, 0) is 9.53 Å². The fourth-order valence-electron chi connectivity index (χ4n) is 3.35. The average molecular weight is 254 g/mol. The summed E-state index contributed by atoms with van der Waals surface area (Å²) < 4.78 is 4.92. The first-order valence-corrected chi connectivity index (χ1v) is 7.31. The van der Waals surface area contributed by atoms with Crippen LogP contribution in [0.1, 0.15) is 45.4 Å². The molecule has 2 atom stereocenters. The maximum absolute atomic E-state index is 11.2. The van der Waals surface area contributed by atoms with E-state index >= 15 is 0 Å². The summed E-state index contributed by atoms with van der Waals surface area (Å²) in [5.74, 6) is -0.0669. The first kappa shape index (κ1) is 13.8. The normalized spacial score (nSPS) is 31.6. The number of hydrogen-bond donors (Lipinski definition) is 1. The third-order valence-corrected chi connectivity index (χ3v) is 4.39. The molecule has 2 aliphatic heterocycles. The Labute approximate surface area is 110 Å². The predicted molar refractivity (Wildman–Crippen MR) is 71.5 cm³/mol. The van der Waals surface area contributed by atoms with E-state index in [2.05, 4.69) is 17.3 Å². The second-order valence-electron chi connectivity index (χ2n) is 5.58. The molecule has 2 bridgehead atoms.